The van der Waals surface area contributed by atoms with Gasteiger partial charge in [0.05, 0.1) is 23.1 Å². The largest absolute Gasteiger partial charge is 0.481 e. The number of H-pyrrole nitrogens is 1. The second-order valence-electron chi connectivity index (χ2n) is 5.63. The number of hydrogen-bond donors (Lipinski definition) is 3. The fraction of sp³-hybridized carbons (Fsp3) is 0.118. The van der Waals surface area contributed by atoms with E-state index in [2.05, 4.69) is 30.5 Å². The molecule has 0 spiro atoms. The maximum atomic E-state index is 10.8. The van der Waals surface area contributed by atoms with E-state index in [-0.39, 0.29) is 13.0 Å². The molecule has 3 N–H and O–H groups in total. The van der Waals surface area contributed by atoms with Gasteiger partial charge in [0.2, 0.25) is 0 Å². The van der Waals surface area contributed by atoms with Crippen molar-refractivity contribution >= 4 is 34.4 Å². The number of furan rings is 1. The average Bonchev–Trinajstić information content (AvgIpc) is 3.31. The van der Waals surface area contributed by atoms with Crippen molar-refractivity contribution in [3.05, 3.63) is 41.7 Å². The van der Waals surface area contributed by atoms with Gasteiger partial charge in [0.1, 0.15) is 17.2 Å². The van der Waals surface area contributed by atoms with E-state index in [1.165, 1.54) is 6.20 Å². The Morgan fingerprint density at radius 3 is 3.00 bits per heavy atom. The molecule has 4 aromatic heterocycles. The number of aliphatic carboxylic acids is 1. The van der Waals surface area contributed by atoms with Crippen LogP contribution in [0.15, 0.2) is 41.1 Å². The Morgan fingerprint density at radius 1 is 1.33 bits per heavy atom. The molecule has 0 saturated heterocycles. The molecule has 0 amide bonds. The third-order valence-corrected chi connectivity index (χ3v) is 3.95. The van der Waals surface area contributed by atoms with Crippen molar-refractivity contribution in [3.63, 3.8) is 0 Å². The number of pyridine rings is 1. The average molecular weight is 385 g/mol. The summed E-state index contributed by atoms with van der Waals surface area (Å²) in [5, 5.41) is 20.0. The molecular weight excluding hydrogens is 372 g/mol. The zero-order valence-electron chi connectivity index (χ0n) is 13.8. The van der Waals surface area contributed by atoms with Crippen molar-refractivity contribution in [2.75, 3.05) is 11.9 Å². The molecular formula is C17H13ClN6O3. The van der Waals surface area contributed by atoms with Crippen LogP contribution in [0.1, 0.15) is 6.42 Å². The van der Waals surface area contributed by atoms with Gasteiger partial charge in [0.15, 0.2) is 17.2 Å². The minimum absolute atomic E-state index is 0.0397. The maximum Gasteiger partial charge on any atom is 0.305 e. The molecule has 0 aliphatic heterocycles. The smallest absolute Gasteiger partial charge is 0.305 e. The molecule has 4 aromatic rings. The van der Waals surface area contributed by atoms with E-state index in [1.807, 2.05) is 0 Å². The lowest BCUT2D eigenvalue weighted by atomic mass is 10.2. The quantitative estimate of drug-likeness (QED) is 0.462. The first-order valence-electron chi connectivity index (χ1n) is 7.99. The van der Waals surface area contributed by atoms with Gasteiger partial charge in [0, 0.05) is 18.8 Å². The number of halogens is 1. The maximum absolute atomic E-state index is 10.8. The van der Waals surface area contributed by atoms with Gasteiger partial charge in [0.25, 0.3) is 0 Å². The Labute approximate surface area is 157 Å². The van der Waals surface area contributed by atoms with Crippen LogP contribution in [0.3, 0.4) is 0 Å². The topological polar surface area (TPSA) is 130 Å². The number of nitrogens with one attached hydrogen (secondary N) is 2. The second kappa shape index (κ2) is 7.04. The zero-order valence-corrected chi connectivity index (χ0v) is 14.6. The molecule has 0 unspecified atom stereocenters. The van der Waals surface area contributed by atoms with E-state index in [9.17, 15) is 4.79 Å². The molecule has 0 aliphatic carbocycles. The lowest BCUT2D eigenvalue weighted by molar-refractivity contribution is -0.136. The Hall–Kier alpha value is -3.46. The Morgan fingerprint density at radius 2 is 2.22 bits per heavy atom. The Balaban J connectivity index is 1.79. The standard InChI is InChI=1S/C17H13ClN6O3/c18-9-6-10-15(23-24-16(10)20-8-9)17-21-11(12-2-1-5-27-12)7-13(22-17)19-4-3-14(25)26/h1-2,5-8H,3-4H2,(H,25,26)(H,19,21,22)(H,20,23,24). The second-order valence-corrected chi connectivity index (χ2v) is 6.07. The molecule has 0 fully saturated rings. The normalized spacial score (nSPS) is 11.0. The van der Waals surface area contributed by atoms with Crippen molar-refractivity contribution in [2.24, 2.45) is 0 Å². The fourth-order valence-corrected chi connectivity index (χ4v) is 2.70. The van der Waals surface area contributed by atoms with Crippen LogP contribution < -0.4 is 5.32 Å². The number of carboxylic acid groups (broad SMARTS) is 1. The van der Waals surface area contributed by atoms with Gasteiger partial charge >= 0.3 is 5.97 Å². The number of anilines is 1. The first-order chi connectivity index (χ1) is 13.1. The van der Waals surface area contributed by atoms with Gasteiger partial charge < -0.3 is 14.8 Å². The lowest BCUT2D eigenvalue weighted by Crippen LogP contribution is -2.09. The molecule has 4 rings (SSSR count). The molecule has 9 nitrogen and oxygen atoms in total. The molecule has 136 valence electrons. The van der Waals surface area contributed by atoms with Crippen LogP contribution >= 0.6 is 11.6 Å². The van der Waals surface area contributed by atoms with E-state index in [0.717, 1.165) is 0 Å². The van der Waals surface area contributed by atoms with Crippen LogP contribution in [0, 0.1) is 0 Å². The van der Waals surface area contributed by atoms with E-state index in [0.29, 0.717) is 44.8 Å². The van der Waals surface area contributed by atoms with Gasteiger partial charge in [-0.25, -0.2) is 15.0 Å². The molecule has 0 bridgehead atoms. The van der Waals surface area contributed by atoms with Gasteiger partial charge in [-0.05, 0) is 18.2 Å². The number of carboxylic acids is 1. The number of nitrogens with zero attached hydrogens (tertiary/aromatic N) is 4. The van der Waals surface area contributed by atoms with Crippen LogP contribution in [0.25, 0.3) is 34.0 Å². The van der Waals surface area contributed by atoms with E-state index in [1.54, 1.807) is 30.5 Å². The third-order valence-electron chi connectivity index (χ3n) is 3.74. The third kappa shape index (κ3) is 3.58. The minimum Gasteiger partial charge on any atom is -0.481 e. The number of hydrogen-bond acceptors (Lipinski definition) is 7. The van der Waals surface area contributed by atoms with E-state index < -0.39 is 5.97 Å². The summed E-state index contributed by atoms with van der Waals surface area (Å²) in [5.74, 6) is 0.474. The highest BCUT2D eigenvalue weighted by Gasteiger charge is 2.16. The molecule has 0 radical (unpaired) electrons. The predicted molar refractivity (Wildman–Crippen MR) is 98.4 cm³/mol. The van der Waals surface area contributed by atoms with Crippen LogP contribution in [0.2, 0.25) is 5.02 Å². The SMILES string of the molecule is O=C(O)CCNc1cc(-c2ccco2)nc(-c2[nH]nc3ncc(Cl)cc23)n1. The summed E-state index contributed by atoms with van der Waals surface area (Å²) >= 11 is 6.05. The summed E-state index contributed by atoms with van der Waals surface area (Å²) in [4.78, 5) is 23.9. The van der Waals surface area contributed by atoms with Crippen molar-refractivity contribution in [1.82, 2.24) is 25.1 Å². The van der Waals surface area contributed by atoms with Crippen molar-refractivity contribution in [3.8, 4) is 23.0 Å². The molecule has 4 heterocycles. The van der Waals surface area contributed by atoms with Crippen molar-refractivity contribution < 1.29 is 14.3 Å². The number of aromatic amines is 1. The molecule has 27 heavy (non-hydrogen) atoms. The van der Waals surface area contributed by atoms with E-state index >= 15 is 0 Å². The Kier molecular flexibility index (Phi) is 4.43. The molecule has 10 heteroatoms. The molecule has 0 aromatic carbocycles. The molecule has 0 aliphatic rings. The lowest BCUT2D eigenvalue weighted by Gasteiger charge is -2.08. The minimum atomic E-state index is -0.900. The number of carbonyl (C=O) groups is 1. The summed E-state index contributed by atoms with van der Waals surface area (Å²) in [5.41, 5.74) is 1.58. The zero-order chi connectivity index (χ0) is 18.8. The number of rotatable bonds is 6. The van der Waals surface area contributed by atoms with Crippen molar-refractivity contribution in [1.29, 1.82) is 0 Å². The van der Waals surface area contributed by atoms with Crippen LogP contribution in [-0.4, -0.2) is 42.8 Å². The predicted octanol–water partition coefficient (Wildman–Crippen LogP) is 3.21. The highest BCUT2D eigenvalue weighted by atomic mass is 35.5. The summed E-state index contributed by atoms with van der Waals surface area (Å²) in [6, 6.07) is 6.94. The van der Waals surface area contributed by atoms with Gasteiger partial charge in [-0.3, -0.25) is 9.89 Å². The summed E-state index contributed by atoms with van der Waals surface area (Å²) in [6.07, 6.45) is 3.01. The van der Waals surface area contributed by atoms with Crippen LogP contribution in [0.4, 0.5) is 5.82 Å². The summed E-state index contributed by atoms with van der Waals surface area (Å²) in [6.45, 7) is 0.223. The molecule has 0 atom stereocenters. The summed E-state index contributed by atoms with van der Waals surface area (Å²) in [7, 11) is 0. The van der Waals surface area contributed by atoms with Gasteiger partial charge in [-0.15, -0.1) is 0 Å². The fourth-order valence-electron chi connectivity index (χ4n) is 2.54. The van der Waals surface area contributed by atoms with E-state index in [4.69, 9.17) is 21.1 Å². The highest BCUT2D eigenvalue weighted by Crippen LogP contribution is 2.28. The number of aromatic nitrogens is 5. The Bertz CT molecular complexity index is 1110. The van der Waals surface area contributed by atoms with Crippen molar-refractivity contribution in [2.45, 2.75) is 6.42 Å². The number of fused-ring (bicyclic) bond motifs is 1. The first kappa shape index (κ1) is 17.0. The van der Waals surface area contributed by atoms with Crippen LogP contribution in [-0.2, 0) is 4.79 Å². The highest BCUT2D eigenvalue weighted by molar-refractivity contribution is 6.31. The first-order valence-corrected chi connectivity index (χ1v) is 8.36. The summed E-state index contributed by atoms with van der Waals surface area (Å²) < 4.78 is 5.42. The van der Waals surface area contributed by atoms with Crippen LogP contribution in [0.5, 0.6) is 0 Å². The monoisotopic (exact) mass is 384 g/mol. The van der Waals surface area contributed by atoms with Gasteiger partial charge in [-0.1, -0.05) is 11.6 Å². The van der Waals surface area contributed by atoms with Gasteiger partial charge in [-0.2, -0.15) is 5.10 Å². The molecule has 0 saturated carbocycles.